The number of nitrogens with zero attached hydrogens (tertiary/aromatic N) is 2. The molecule has 3 heterocycles. The van der Waals surface area contributed by atoms with Crippen molar-refractivity contribution in [2.24, 2.45) is 0 Å². The number of ether oxygens (including phenoxy) is 3. The highest BCUT2D eigenvalue weighted by molar-refractivity contribution is 5.76. The number of pyridine rings is 1. The molecule has 0 saturated carbocycles. The van der Waals surface area contributed by atoms with Gasteiger partial charge in [-0.05, 0) is 38.3 Å². The number of aromatic nitrogens is 1. The molecular weight excluding hydrogens is 434 g/mol. The molecule has 1 aromatic carbocycles. The van der Waals surface area contributed by atoms with Crippen molar-refractivity contribution in [3.05, 3.63) is 51.2 Å². The van der Waals surface area contributed by atoms with E-state index in [0.717, 1.165) is 42.9 Å². The van der Waals surface area contributed by atoms with Crippen LogP contribution < -0.4 is 15.5 Å². The standard InChI is InChI=1S/C26H35N3O5/c1-16(2)27-26(31)28-12-20(13-28)18-6-7-22-19(10-18)8-9-29-24(11-23(30)17(3)25(22)29)34-15-21(33-5)14-32-4/h6-7,10-11,16,20-21H,8-9,12-15H2,1-5H3,(H,27,31)/t21-/m0/s1. The van der Waals surface area contributed by atoms with Gasteiger partial charge in [-0.15, -0.1) is 0 Å². The van der Waals surface area contributed by atoms with Crippen LogP contribution in [0, 0.1) is 6.92 Å². The largest absolute Gasteiger partial charge is 0.476 e. The summed E-state index contributed by atoms with van der Waals surface area (Å²) >= 11 is 0. The Labute approximate surface area is 200 Å². The molecule has 0 bridgehead atoms. The summed E-state index contributed by atoms with van der Waals surface area (Å²) in [6.07, 6.45) is 0.644. The Morgan fingerprint density at radius 2 is 1.94 bits per heavy atom. The number of amides is 2. The summed E-state index contributed by atoms with van der Waals surface area (Å²) in [6, 6.07) is 8.21. The quantitative estimate of drug-likeness (QED) is 0.643. The van der Waals surface area contributed by atoms with Crippen LogP contribution in [-0.2, 0) is 22.4 Å². The molecule has 0 unspecified atom stereocenters. The smallest absolute Gasteiger partial charge is 0.317 e. The van der Waals surface area contributed by atoms with Gasteiger partial charge in [-0.25, -0.2) is 4.79 Å². The second kappa shape index (κ2) is 10.2. The Morgan fingerprint density at radius 3 is 2.62 bits per heavy atom. The van der Waals surface area contributed by atoms with E-state index in [-0.39, 0.29) is 23.6 Å². The first kappa shape index (κ1) is 24.3. The van der Waals surface area contributed by atoms with Gasteiger partial charge in [-0.3, -0.25) is 4.79 Å². The first-order valence-electron chi connectivity index (χ1n) is 11.9. The fourth-order valence-electron chi connectivity index (χ4n) is 4.70. The Morgan fingerprint density at radius 1 is 1.18 bits per heavy atom. The van der Waals surface area contributed by atoms with Gasteiger partial charge in [0, 0.05) is 63.0 Å². The van der Waals surface area contributed by atoms with Crippen molar-refractivity contribution in [2.45, 2.75) is 51.8 Å². The molecule has 0 radical (unpaired) electrons. The Kier molecular flexibility index (Phi) is 7.28. The second-order valence-electron chi connectivity index (χ2n) is 9.47. The monoisotopic (exact) mass is 469 g/mol. The lowest BCUT2D eigenvalue weighted by Crippen LogP contribution is -2.53. The van der Waals surface area contributed by atoms with E-state index in [1.54, 1.807) is 20.3 Å². The molecule has 1 fully saturated rings. The number of hydrogen-bond acceptors (Lipinski definition) is 5. The van der Waals surface area contributed by atoms with Crippen LogP contribution in [0.15, 0.2) is 29.1 Å². The molecule has 8 nitrogen and oxygen atoms in total. The maximum Gasteiger partial charge on any atom is 0.317 e. The minimum Gasteiger partial charge on any atom is -0.476 e. The third-order valence-corrected chi connectivity index (χ3v) is 6.66. The predicted molar refractivity (Wildman–Crippen MR) is 131 cm³/mol. The van der Waals surface area contributed by atoms with E-state index in [9.17, 15) is 9.59 Å². The Hall–Kier alpha value is -2.84. The van der Waals surface area contributed by atoms with Gasteiger partial charge in [0.15, 0.2) is 11.3 Å². The highest BCUT2D eigenvalue weighted by Gasteiger charge is 2.33. The van der Waals surface area contributed by atoms with Crippen LogP contribution in [0.25, 0.3) is 11.3 Å². The molecule has 2 aliphatic rings. The maximum atomic E-state index is 12.8. The van der Waals surface area contributed by atoms with Crippen LogP contribution in [0.2, 0.25) is 0 Å². The van der Waals surface area contributed by atoms with Gasteiger partial charge in [-0.2, -0.15) is 0 Å². The molecule has 184 valence electrons. The van der Waals surface area contributed by atoms with Gasteiger partial charge >= 0.3 is 6.03 Å². The van der Waals surface area contributed by atoms with Gasteiger partial charge < -0.3 is 29.0 Å². The third kappa shape index (κ3) is 4.83. The molecule has 2 aromatic rings. The fourth-order valence-corrected chi connectivity index (χ4v) is 4.70. The Balaban J connectivity index is 1.55. The van der Waals surface area contributed by atoms with Crippen LogP contribution in [0.3, 0.4) is 0 Å². The number of hydrogen-bond donors (Lipinski definition) is 1. The first-order valence-corrected chi connectivity index (χ1v) is 11.9. The number of benzene rings is 1. The van der Waals surface area contributed by atoms with Crippen LogP contribution in [0.1, 0.15) is 36.5 Å². The third-order valence-electron chi connectivity index (χ3n) is 6.66. The van der Waals surface area contributed by atoms with Crippen molar-refractivity contribution >= 4 is 6.03 Å². The van der Waals surface area contributed by atoms with Gasteiger partial charge in [0.1, 0.15) is 12.7 Å². The summed E-state index contributed by atoms with van der Waals surface area (Å²) in [7, 11) is 3.24. The number of aryl methyl sites for hydroxylation is 1. The highest BCUT2D eigenvalue weighted by atomic mass is 16.6. The molecule has 1 aromatic heterocycles. The second-order valence-corrected chi connectivity index (χ2v) is 9.47. The number of carbonyl (C=O) groups is 1. The lowest BCUT2D eigenvalue weighted by Gasteiger charge is -2.40. The first-order chi connectivity index (χ1) is 16.3. The normalized spacial score (nSPS) is 16.0. The summed E-state index contributed by atoms with van der Waals surface area (Å²) < 4.78 is 18.7. The van der Waals surface area contributed by atoms with E-state index >= 15 is 0 Å². The molecule has 2 amide bonds. The zero-order valence-corrected chi connectivity index (χ0v) is 20.7. The maximum absolute atomic E-state index is 12.8. The van der Waals surface area contributed by atoms with E-state index in [4.69, 9.17) is 14.2 Å². The molecule has 1 N–H and O–H groups in total. The summed E-state index contributed by atoms with van der Waals surface area (Å²) in [4.78, 5) is 26.8. The molecular formula is C26H35N3O5. The van der Waals surface area contributed by atoms with E-state index in [1.807, 2.05) is 25.7 Å². The summed E-state index contributed by atoms with van der Waals surface area (Å²) in [5, 5.41) is 2.95. The minimum absolute atomic E-state index is 0.00174. The Bertz CT molecular complexity index is 1100. The summed E-state index contributed by atoms with van der Waals surface area (Å²) in [5.41, 5.74) is 5.16. The number of nitrogens with one attached hydrogen (secondary N) is 1. The fraction of sp³-hybridized carbons (Fsp3) is 0.538. The molecule has 4 rings (SSSR count). The predicted octanol–water partition coefficient (Wildman–Crippen LogP) is 2.94. The van der Waals surface area contributed by atoms with Crippen molar-refractivity contribution in [2.75, 3.05) is 40.5 Å². The van der Waals surface area contributed by atoms with E-state index in [2.05, 4.69) is 28.1 Å². The zero-order valence-electron chi connectivity index (χ0n) is 20.7. The summed E-state index contributed by atoms with van der Waals surface area (Å²) in [5.74, 6) is 0.902. The number of urea groups is 1. The average Bonchev–Trinajstić information content (AvgIpc) is 2.77. The van der Waals surface area contributed by atoms with E-state index in [1.165, 1.54) is 11.1 Å². The molecule has 2 aliphatic heterocycles. The van der Waals surface area contributed by atoms with E-state index < -0.39 is 0 Å². The van der Waals surface area contributed by atoms with Crippen LogP contribution in [0.4, 0.5) is 4.79 Å². The molecule has 1 saturated heterocycles. The number of rotatable bonds is 8. The number of methoxy groups -OCH3 is 2. The number of carbonyl (C=O) groups excluding carboxylic acids is 1. The highest BCUT2D eigenvalue weighted by Crippen LogP contribution is 2.37. The number of likely N-dealkylation sites (tertiary alicyclic amines) is 1. The van der Waals surface area contributed by atoms with Crippen molar-refractivity contribution in [1.82, 2.24) is 14.8 Å². The minimum atomic E-state index is -0.208. The van der Waals surface area contributed by atoms with E-state index in [0.29, 0.717) is 25.0 Å². The molecule has 8 heteroatoms. The molecule has 34 heavy (non-hydrogen) atoms. The SMILES string of the molecule is COC[C@@H](COc1cc(=O)c(C)c2n1CCc1cc(C3CN(C(=O)NC(C)C)C3)ccc1-2)OC. The topological polar surface area (TPSA) is 82.0 Å². The lowest BCUT2D eigenvalue weighted by atomic mass is 9.86. The summed E-state index contributed by atoms with van der Waals surface area (Å²) in [6.45, 7) is 8.73. The van der Waals surface area contributed by atoms with Crippen LogP contribution in [0.5, 0.6) is 5.88 Å². The van der Waals surface area contributed by atoms with Crippen molar-refractivity contribution in [3.63, 3.8) is 0 Å². The van der Waals surface area contributed by atoms with Gasteiger partial charge in [0.2, 0.25) is 0 Å². The molecule has 0 aliphatic carbocycles. The average molecular weight is 470 g/mol. The lowest BCUT2D eigenvalue weighted by molar-refractivity contribution is -0.000948. The van der Waals surface area contributed by atoms with Crippen molar-refractivity contribution in [3.8, 4) is 17.1 Å². The van der Waals surface area contributed by atoms with Gasteiger partial charge in [-0.1, -0.05) is 18.2 Å². The van der Waals surface area contributed by atoms with Gasteiger partial charge in [0.25, 0.3) is 0 Å². The molecule has 0 spiro atoms. The van der Waals surface area contributed by atoms with Crippen molar-refractivity contribution < 1.29 is 19.0 Å². The van der Waals surface area contributed by atoms with Gasteiger partial charge in [0.05, 0.1) is 12.3 Å². The van der Waals surface area contributed by atoms with Crippen LogP contribution in [-0.4, -0.2) is 68.2 Å². The van der Waals surface area contributed by atoms with Crippen LogP contribution >= 0.6 is 0 Å². The van der Waals surface area contributed by atoms with Crippen molar-refractivity contribution in [1.29, 1.82) is 0 Å². The zero-order chi connectivity index (χ0) is 24.4. The molecule has 1 atom stereocenters. The number of fused-ring (bicyclic) bond motifs is 3.